The van der Waals surface area contributed by atoms with Gasteiger partial charge in [-0.15, -0.1) is 5.10 Å². The van der Waals surface area contributed by atoms with Crippen LogP contribution >= 0.6 is 0 Å². The Morgan fingerprint density at radius 2 is 2.37 bits per heavy atom. The van der Waals surface area contributed by atoms with Crippen molar-refractivity contribution in [3.8, 4) is 6.07 Å². The zero-order chi connectivity index (χ0) is 13.8. The fourth-order valence-electron chi connectivity index (χ4n) is 1.44. The molecule has 3 N–H and O–H groups in total. The van der Waals surface area contributed by atoms with Gasteiger partial charge in [-0.3, -0.25) is 4.79 Å². The smallest absolute Gasteiger partial charge is 0.246 e. The summed E-state index contributed by atoms with van der Waals surface area (Å²) in [7, 11) is 0. The van der Waals surface area contributed by atoms with Gasteiger partial charge in [-0.2, -0.15) is 5.26 Å². The number of hydrogen-bond donors (Lipinski definition) is 2. The van der Waals surface area contributed by atoms with Crippen LogP contribution in [0.3, 0.4) is 0 Å². The van der Waals surface area contributed by atoms with Gasteiger partial charge in [0.25, 0.3) is 0 Å². The molecule has 96 valence electrons. The van der Waals surface area contributed by atoms with Gasteiger partial charge < -0.3 is 11.1 Å². The number of aromatic nitrogens is 3. The maximum absolute atomic E-state index is 12.9. The Morgan fingerprint density at radius 1 is 1.58 bits per heavy atom. The van der Waals surface area contributed by atoms with Crippen molar-refractivity contribution < 1.29 is 9.18 Å². The van der Waals surface area contributed by atoms with E-state index in [9.17, 15) is 9.18 Å². The lowest BCUT2D eigenvalue weighted by molar-refractivity contribution is -0.116. The number of carbonyl (C=O) groups excluding carboxylic acids is 1. The highest BCUT2D eigenvalue weighted by molar-refractivity contribution is 5.91. The van der Waals surface area contributed by atoms with Crippen LogP contribution in [0.2, 0.25) is 0 Å². The molecule has 0 fully saturated rings. The van der Waals surface area contributed by atoms with E-state index in [0.717, 1.165) is 12.1 Å². The Balaban J connectivity index is 2.09. The molecule has 1 amide bonds. The fraction of sp³-hybridized carbons (Fsp3) is 0.0909. The molecule has 8 heteroatoms. The van der Waals surface area contributed by atoms with E-state index in [-0.39, 0.29) is 23.7 Å². The maximum atomic E-state index is 12.9. The van der Waals surface area contributed by atoms with Gasteiger partial charge in [0, 0.05) is 0 Å². The van der Waals surface area contributed by atoms with E-state index in [1.807, 2.05) is 0 Å². The average Bonchev–Trinajstić information content (AvgIpc) is 2.76. The number of nitrogens with two attached hydrogens (primary N) is 1. The highest BCUT2D eigenvalue weighted by Gasteiger charge is 2.09. The first-order chi connectivity index (χ1) is 9.08. The van der Waals surface area contributed by atoms with Crippen molar-refractivity contribution in [2.24, 2.45) is 0 Å². The van der Waals surface area contributed by atoms with Crippen LogP contribution in [0, 0.1) is 17.1 Å². The van der Waals surface area contributed by atoms with Gasteiger partial charge in [0.15, 0.2) is 0 Å². The number of halogens is 1. The minimum absolute atomic E-state index is 0.0476. The van der Waals surface area contributed by atoms with Crippen molar-refractivity contribution in [3.63, 3.8) is 0 Å². The van der Waals surface area contributed by atoms with Crippen LogP contribution in [0.25, 0.3) is 0 Å². The maximum Gasteiger partial charge on any atom is 0.246 e. The molecule has 2 rings (SSSR count). The highest BCUT2D eigenvalue weighted by Crippen LogP contribution is 2.15. The van der Waals surface area contributed by atoms with Gasteiger partial charge in [-0.1, -0.05) is 0 Å². The van der Waals surface area contributed by atoms with Gasteiger partial charge in [0.1, 0.15) is 24.8 Å². The molecule has 0 aliphatic carbocycles. The molecule has 2 aromatic rings. The van der Waals surface area contributed by atoms with Crippen molar-refractivity contribution in [2.75, 3.05) is 11.1 Å². The normalized spacial score (nSPS) is 9.89. The minimum Gasteiger partial charge on any atom is -0.367 e. The van der Waals surface area contributed by atoms with Gasteiger partial charge >= 0.3 is 0 Å². The van der Waals surface area contributed by atoms with Crippen molar-refractivity contribution in [1.29, 1.82) is 5.26 Å². The standard InChI is InChI=1S/C11H9FN6O/c12-8-1-2-9(7(3-8)4-13)16-10(19)5-18-6-15-11(14)17-18/h1-3,6H,5H2,(H2,14,17)(H,16,19). The van der Waals surface area contributed by atoms with Crippen LogP contribution in [0.4, 0.5) is 16.0 Å². The van der Waals surface area contributed by atoms with E-state index in [0.29, 0.717) is 0 Å². The molecular formula is C11H9FN6O. The third-order valence-electron chi connectivity index (χ3n) is 2.24. The summed E-state index contributed by atoms with van der Waals surface area (Å²) in [5, 5.41) is 15.1. The molecule has 0 aliphatic rings. The van der Waals surface area contributed by atoms with Gasteiger partial charge in [0.2, 0.25) is 11.9 Å². The molecule has 0 radical (unpaired) electrons. The zero-order valence-electron chi connectivity index (χ0n) is 9.67. The largest absolute Gasteiger partial charge is 0.367 e. The molecule has 7 nitrogen and oxygen atoms in total. The summed E-state index contributed by atoms with van der Waals surface area (Å²) in [4.78, 5) is 15.4. The van der Waals surface area contributed by atoms with E-state index < -0.39 is 11.7 Å². The second-order valence-corrected chi connectivity index (χ2v) is 3.65. The predicted octanol–water partition coefficient (Wildman–Crippen LogP) is 0.510. The molecule has 19 heavy (non-hydrogen) atoms. The number of amides is 1. The number of nitriles is 1. The Bertz CT molecular complexity index is 659. The molecule has 1 heterocycles. The van der Waals surface area contributed by atoms with Crippen LogP contribution in [0.15, 0.2) is 24.5 Å². The summed E-state index contributed by atoms with van der Waals surface area (Å²) in [5.41, 5.74) is 5.60. The number of rotatable bonds is 3. The molecule has 1 aromatic carbocycles. The first-order valence-corrected chi connectivity index (χ1v) is 5.23. The number of nitrogens with zero attached hydrogens (tertiary/aromatic N) is 4. The number of anilines is 2. The van der Waals surface area contributed by atoms with E-state index >= 15 is 0 Å². The van der Waals surface area contributed by atoms with E-state index in [4.69, 9.17) is 11.0 Å². The molecule has 0 spiro atoms. The van der Waals surface area contributed by atoms with Gasteiger partial charge in [-0.25, -0.2) is 14.1 Å². The lowest BCUT2D eigenvalue weighted by atomic mass is 10.2. The third-order valence-corrected chi connectivity index (χ3v) is 2.24. The second-order valence-electron chi connectivity index (χ2n) is 3.65. The molecule has 0 saturated carbocycles. The number of benzene rings is 1. The monoisotopic (exact) mass is 260 g/mol. The average molecular weight is 260 g/mol. The van der Waals surface area contributed by atoms with Crippen LogP contribution in [-0.2, 0) is 11.3 Å². The lowest BCUT2D eigenvalue weighted by Gasteiger charge is -2.06. The first kappa shape index (κ1) is 12.5. The third kappa shape index (κ3) is 3.04. The molecule has 0 unspecified atom stereocenters. The zero-order valence-corrected chi connectivity index (χ0v) is 9.67. The topological polar surface area (TPSA) is 110 Å². The highest BCUT2D eigenvalue weighted by atomic mass is 19.1. The van der Waals surface area contributed by atoms with Crippen molar-refractivity contribution >= 4 is 17.5 Å². The Hall–Kier alpha value is -2.95. The Labute approximate surface area is 107 Å². The number of nitrogens with one attached hydrogen (secondary N) is 1. The molecule has 0 saturated heterocycles. The summed E-state index contributed by atoms with van der Waals surface area (Å²) >= 11 is 0. The predicted molar refractivity (Wildman–Crippen MR) is 64.2 cm³/mol. The van der Waals surface area contributed by atoms with Crippen LogP contribution in [0.5, 0.6) is 0 Å². The summed E-state index contributed by atoms with van der Waals surface area (Å²) in [6.07, 6.45) is 1.31. The van der Waals surface area contributed by atoms with Crippen LogP contribution in [0.1, 0.15) is 5.56 Å². The van der Waals surface area contributed by atoms with Gasteiger partial charge in [0.05, 0.1) is 11.3 Å². The first-order valence-electron chi connectivity index (χ1n) is 5.23. The molecule has 1 aromatic heterocycles. The number of carbonyl (C=O) groups is 1. The van der Waals surface area contributed by atoms with E-state index in [1.165, 1.54) is 17.1 Å². The van der Waals surface area contributed by atoms with Crippen molar-refractivity contribution in [2.45, 2.75) is 6.54 Å². The summed E-state index contributed by atoms with van der Waals surface area (Å²) in [6.45, 7) is -0.105. The van der Waals surface area contributed by atoms with Crippen molar-refractivity contribution in [3.05, 3.63) is 35.9 Å². The molecular weight excluding hydrogens is 251 g/mol. The fourth-order valence-corrected chi connectivity index (χ4v) is 1.44. The summed E-state index contributed by atoms with van der Waals surface area (Å²) in [5.74, 6) is -0.904. The lowest BCUT2D eigenvalue weighted by Crippen LogP contribution is -2.19. The Morgan fingerprint density at radius 3 is 3.00 bits per heavy atom. The Kier molecular flexibility index (Phi) is 3.38. The molecule has 0 atom stereocenters. The van der Waals surface area contributed by atoms with Crippen LogP contribution < -0.4 is 11.1 Å². The summed E-state index contributed by atoms with van der Waals surface area (Å²) in [6, 6.07) is 5.32. The van der Waals surface area contributed by atoms with E-state index in [2.05, 4.69) is 15.4 Å². The molecule has 0 aliphatic heterocycles. The molecule has 0 bridgehead atoms. The van der Waals surface area contributed by atoms with Gasteiger partial charge in [-0.05, 0) is 18.2 Å². The van der Waals surface area contributed by atoms with Crippen LogP contribution in [-0.4, -0.2) is 20.7 Å². The SMILES string of the molecule is N#Cc1cc(F)ccc1NC(=O)Cn1cnc(N)n1. The summed E-state index contributed by atoms with van der Waals surface area (Å²) < 4.78 is 14.2. The quantitative estimate of drug-likeness (QED) is 0.835. The second kappa shape index (κ2) is 5.14. The van der Waals surface area contributed by atoms with E-state index in [1.54, 1.807) is 6.07 Å². The minimum atomic E-state index is -0.543. The number of nitrogen functional groups attached to an aromatic ring is 1. The van der Waals surface area contributed by atoms with Crippen molar-refractivity contribution in [1.82, 2.24) is 14.8 Å². The number of hydrogen-bond acceptors (Lipinski definition) is 5.